The summed E-state index contributed by atoms with van der Waals surface area (Å²) in [7, 11) is 1.99. The van der Waals surface area contributed by atoms with Crippen LogP contribution >= 0.6 is 11.3 Å². The van der Waals surface area contributed by atoms with E-state index in [0.29, 0.717) is 0 Å². The molecular formula is C12H17N3S. The lowest BCUT2D eigenvalue weighted by atomic mass is 10.2. The molecule has 0 radical (unpaired) electrons. The molecule has 1 N–H and O–H groups in total. The van der Waals surface area contributed by atoms with Crippen LogP contribution < -0.4 is 5.32 Å². The summed E-state index contributed by atoms with van der Waals surface area (Å²) in [5.74, 6) is 0. The molecule has 0 aliphatic rings. The molecule has 0 aliphatic carbocycles. The van der Waals surface area contributed by atoms with Gasteiger partial charge in [0.05, 0.1) is 11.4 Å². The van der Waals surface area contributed by atoms with E-state index in [1.54, 1.807) is 11.3 Å². The first-order valence-electron chi connectivity index (χ1n) is 5.38. The molecule has 86 valence electrons. The third-order valence-electron chi connectivity index (χ3n) is 2.68. The maximum Gasteiger partial charge on any atom is 0.0597 e. The van der Waals surface area contributed by atoms with Crippen molar-refractivity contribution in [2.75, 3.05) is 0 Å². The standard InChI is InChI=1S/C12H17N3S/c1-9-7-16-8-11(9)5-13-6-12-4-10(2)14-15(12)3/h4,7-8,13H,5-6H2,1-3H3. The Morgan fingerprint density at radius 2 is 2.12 bits per heavy atom. The van der Waals surface area contributed by atoms with Gasteiger partial charge < -0.3 is 5.32 Å². The third-order valence-corrected chi connectivity index (χ3v) is 3.59. The Balaban J connectivity index is 1.89. The Kier molecular flexibility index (Phi) is 3.41. The minimum atomic E-state index is 0.868. The van der Waals surface area contributed by atoms with Crippen LogP contribution in [0.15, 0.2) is 16.8 Å². The number of aryl methyl sites for hydroxylation is 3. The molecule has 2 heterocycles. The minimum Gasteiger partial charge on any atom is -0.307 e. The highest BCUT2D eigenvalue weighted by Gasteiger charge is 2.02. The summed E-state index contributed by atoms with van der Waals surface area (Å²) in [6.45, 7) is 5.97. The Bertz CT molecular complexity index is 470. The highest BCUT2D eigenvalue weighted by Crippen LogP contribution is 2.13. The zero-order valence-electron chi connectivity index (χ0n) is 9.95. The molecule has 3 nitrogen and oxygen atoms in total. The summed E-state index contributed by atoms with van der Waals surface area (Å²) in [6.07, 6.45) is 0. The smallest absolute Gasteiger partial charge is 0.0597 e. The average Bonchev–Trinajstić information content (AvgIpc) is 2.75. The number of hydrogen-bond donors (Lipinski definition) is 1. The van der Waals surface area contributed by atoms with Gasteiger partial charge in [0, 0.05) is 20.1 Å². The number of aromatic nitrogens is 2. The van der Waals surface area contributed by atoms with Crippen molar-refractivity contribution in [2.45, 2.75) is 26.9 Å². The molecule has 0 unspecified atom stereocenters. The second-order valence-corrected chi connectivity index (χ2v) is 4.83. The minimum absolute atomic E-state index is 0.868. The summed E-state index contributed by atoms with van der Waals surface area (Å²) in [4.78, 5) is 0. The topological polar surface area (TPSA) is 29.9 Å². The summed E-state index contributed by atoms with van der Waals surface area (Å²) >= 11 is 1.76. The number of nitrogens with zero attached hydrogens (tertiary/aromatic N) is 2. The monoisotopic (exact) mass is 235 g/mol. The quantitative estimate of drug-likeness (QED) is 0.882. The molecule has 2 rings (SSSR count). The Morgan fingerprint density at radius 3 is 2.69 bits per heavy atom. The lowest BCUT2D eigenvalue weighted by Crippen LogP contribution is -2.15. The Hall–Kier alpha value is -1.13. The summed E-state index contributed by atoms with van der Waals surface area (Å²) in [6, 6.07) is 2.12. The van der Waals surface area contributed by atoms with E-state index in [1.807, 2.05) is 18.7 Å². The molecule has 16 heavy (non-hydrogen) atoms. The molecule has 0 aromatic carbocycles. The van der Waals surface area contributed by atoms with Crippen molar-refractivity contribution in [1.29, 1.82) is 0 Å². The van der Waals surface area contributed by atoms with Crippen LogP contribution in [0.3, 0.4) is 0 Å². The second-order valence-electron chi connectivity index (χ2n) is 4.08. The van der Waals surface area contributed by atoms with Crippen LogP contribution in [0.1, 0.15) is 22.5 Å². The van der Waals surface area contributed by atoms with Crippen LogP contribution in [0.2, 0.25) is 0 Å². The Labute approximate surface area is 100 Å². The van der Waals surface area contributed by atoms with Crippen LogP contribution in [0, 0.1) is 13.8 Å². The lowest BCUT2D eigenvalue weighted by Gasteiger charge is -2.04. The number of hydrogen-bond acceptors (Lipinski definition) is 3. The SMILES string of the molecule is Cc1cc(CNCc2cscc2C)n(C)n1. The van der Waals surface area contributed by atoms with E-state index in [0.717, 1.165) is 18.8 Å². The molecular weight excluding hydrogens is 218 g/mol. The molecule has 2 aromatic rings. The molecule has 0 amide bonds. The van der Waals surface area contributed by atoms with Crippen molar-refractivity contribution in [1.82, 2.24) is 15.1 Å². The van der Waals surface area contributed by atoms with Crippen LogP contribution in [0.25, 0.3) is 0 Å². The fourth-order valence-electron chi connectivity index (χ4n) is 1.72. The molecule has 0 saturated heterocycles. The molecule has 0 bridgehead atoms. The van der Waals surface area contributed by atoms with E-state index in [-0.39, 0.29) is 0 Å². The van der Waals surface area contributed by atoms with E-state index >= 15 is 0 Å². The Morgan fingerprint density at radius 1 is 1.31 bits per heavy atom. The zero-order valence-corrected chi connectivity index (χ0v) is 10.8. The van der Waals surface area contributed by atoms with Gasteiger partial charge in [-0.3, -0.25) is 4.68 Å². The predicted molar refractivity (Wildman–Crippen MR) is 67.5 cm³/mol. The van der Waals surface area contributed by atoms with E-state index in [9.17, 15) is 0 Å². The zero-order chi connectivity index (χ0) is 11.5. The molecule has 0 atom stereocenters. The fraction of sp³-hybridized carbons (Fsp3) is 0.417. The number of rotatable bonds is 4. The molecule has 4 heteroatoms. The molecule has 2 aromatic heterocycles. The van der Waals surface area contributed by atoms with Gasteiger partial charge >= 0.3 is 0 Å². The molecule has 0 fully saturated rings. The maximum absolute atomic E-state index is 4.32. The summed E-state index contributed by atoms with van der Waals surface area (Å²) in [5, 5.41) is 12.2. The van der Waals surface area contributed by atoms with Gasteiger partial charge in [0.25, 0.3) is 0 Å². The number of thiophene rings is 1. The van der Waals surface area contributed by atoms with Gasteiger partial charge in [-0.05, 0) is 41.8 Å². The maximum atomic E-state index is 4.32. The van der Waals surface area contributed by atoms with Crippen molar-refractivity contribution in [2.24, 2.45) is 7.05 Å². The van der Waals surface area contributed by atoms with E-state index < -0.39 is 0 Å². The largest absolute Gasteiger partial charge is 0.307 e. The highest BCUT2D eigenvalue weighted by molar-refractivity contribution is 7.08. The average molecular weight is 235 g/mol. The van der Waals surface area contributed by atoms with E-state index in [1.165, 1.54) is 16.8 Å². The highest BCUT2D eigenvalue weighted by atomic mass is 32.1. The third kappa shape index (κ3) is 2.51. The lowest BCUT2D eigenvalue weighted by molar-refractivity contribution is 0.624. The van der Waals surface area contributed by atoms with Crippen LogP contribution in [0.4, 0.5) is 0 Å². The fourth-order valence-corrected chi connectivity index (χ4v) is 2.58. The molecule has 0 spiro atoms. The van der Waals surface area contributed by atoms with Crippen molar-refractivity contribution in [3.05, 3.63) is 39.3 Å². The predicted octanol–water partition coefficient (Wildman–Crippen LogP) is 2.39. The van der Waals surface area contributed by atoms with Crippen molar-refractivity contribution < 1.29 is 0 Å². The van der Waals surface area contributed by atoms with Crippen molar-refractivity contribution in [3.63, 3.8) is 0 Å². The van der Waals surface area contributed by atoms with Gasteiger partial charge in [-0.25, -0.2) is 0 Å². The van der Waals surface area contributed by atoms with Crippen LogP contribution in [-0.4, -0.2) is 9.78 Å². The first-order chi connectivity index (χ1) is 7.66. The first kappa shape index (κ1) is 11.4. The van der Waals surface area contributed by atoms with Gasteiger partial charge in [0.1, 0.15) is 0 Å². The van der Waals surface area contributed by atoms with E-state index in [2.05, 4.69) is 34.2 Å². The molecule has 0 aliphatic heterocycles. The van der Waals surface area contributed by atoms with Crippen LogP contribution in [-0.2, 0) is 20.1 Å². The van der Waals surface area contributed by atoms with Gasteiger partial charge in [-0.1, -0.05) is 0 Å². The summed E-state index contributed by atoms with van der Waals surface area (Å²) < 4.78 is 1.93. The van der Waals surface area contributed by atoms with Crippen molar-refractivity contribution in [3.8, 4) is 0 Å². The van der Waals surface area contributed by atoms with Gasteiger partial charge in [0.2, 0.25) is 0 Å². The van der Waals surface area contributed by atoms with Crippen LogP contribution in [0.5, 0.6) is 0 Å². The van der Waals surface area contributed by atoms with Gasteiger partial charge in [-0.2, -0.15) is 16.4 Å². The van der Waals surface area contributed by atoms with Gasteiger partial charge in [-0.15, -0.1) is 0 Å². The second kappa shape index (κ2) is 4.80. The molecule has 0 saturated carbocycles. The van der Waals surface area contributed by atoms with Gasteiger partial charge in [0.15, 0.2) is 0 Å². The van der Waals surface area contributed by atoms with Crippen molar-refractivity contribution >= 4 is 11.3 Å². The first-order valence-corrected chi connectivity index (χ1v) is 6.33. The number of nitrogens with one attached hydrogen (secondary N) is 1. The van der Waals surface area contributed by atoms with E-state index in [4.69, 9.17) is 0 Å². The summed E-state index contributed by atoms with van der Waals surface area (Å²) in [5.41, 5.74) is 5.07. The normalized spacial score (nSPS) is 10.9.